The number of para-hydroxylation sites is 2. The molecule has 0 aliphatic carbocycles. The summed E-state index contributed by atoms with van der Waals surface area (Å²) in [5.74, 6) is 0.984. The average molecular weight is 403 g/mol. The molecule has 2 aromatic rings. The number of phenols is 1. The highest BCUT2D eigenvalue weighted by Gasteiger charge is 2.22. The molecule has 8 heteroatoms. The Balaban J connectivity index is 1.52. The molecule has 0 unspecified atom stereocenters. The second-order valence-electron chi connectivity index (χ2n) is 6.57. The summed E-state index contributed by atoms with van der Waals surface area (Å²) in [7, 11) is -1.62. The molecule has 0 spiro atoms. The SMILES string of the molecule is CN=C(NCCS(=O)(=O)c1ccccc1)N1CCN(c2ccccc2O)CC1. The van der Waals surface area contributed by atoms with Crippen molar-refractivity contribution in [3.8, 4) is 5.75 Å². The van der Waals surface area contributed by atoms with Crippen LogP contribution in [0.1, 0.15) is 0 Å². The van der Waals surface area contributed by atoms with E-state index in [0.717, 1.165) is 31.9 Å². The van der Waals surface area contributed by atoms with Gasteiger partial charge in [0.25, 0.3) is 0 Å². The molecule has 1 saturated heterocycles. The maximum Gasteiger partial charge on any atom is 0.193 e. The molecule has 0 radical (unpaired) electrons. The summed E-state index contributed by atoms with van der Waals surface area (Å²) < 4.78 is 24.8. The van der Waals surface area contributed by atoms with Crippen LogP contribution >= 0.6 is 0 Å². The van der Waals surface area contributed by atoms with E-state index >= 15 is 0 Å². The summed E-state index contributed by atoms with van der Waals surface area (Å²) in [5, 5.41) is 13.2. The molecule has 28 heavy (non-hydrogen) atoms. The monoisotopic (exact) mass is 402 g/mol. The molecule has 1 heterocycles. The van der Waals surface area contributed by atoms with E-state index in [0.29, 0.717) is 17.4 Å². The van der Waals surface area contributed by atoms with Crippen molar-refractivity contribution in [3.63, 3.8) is 0 Å². The summed E-state index contributed by atoms with van der Waals surface area (Å²) in [5.41, 5.74) is 0.832. The number of hydrogen-bond donors (Lipinski definition) is 2. The van der Waals surface area contributed by atoms with Crippen LogP contribution in [0.4, 0.5) is 5.69 Å². The highest BCUT2D eigenvalue weighted by Crippen LogP contribution is 2.27. The molecule has 0 atom stereocenters. The van der Waals surface area contributed by atoms with Gasteiger partial charge in [0.15, 0.2) is 15.8 Å². The van der Waals surface area contributed by atoms with Gasteiger partial charge in [-0.3, -0.25) is 4.99 Å². The number of aliphatic imine (C=N–C) groups is 1. The number of nitrogens with zero attached hydrogens (tertiary/aromatic N) is 3. The standard InChI is InChI=1S/C20H26N4O3S/c1-21-20(22-11-16-28(26,27)17-7-3-2-4-8-17)24-14-12-23(13-15-24)18-9-5-6-10-19(18)25/h2-10,25H,11-16H2,1H3,(H,21,22). The van der Waals surface area contributed by atoms with E-state index < -0.39 is 9.84 Å². The van der Waals surface area contributed by atoms with Crippen molar-refractivity contribution >= 4 is 21.5 Å². The van der Waals surface area contributed by atoms with Gasteiger partial charge in [0.1, 0.15) is 5.75 Å². The van der Waals surface area contributed by atoms with Gasteiger partial charge in [-0.2, -0.15) is 0 Å². The lowest BCUT2D eigenvalue weighted by Crippen LogP contribution is -2.53. The van der Waals surface area contributed by atoms with Gasteiger partial charge in [0.2, 0.25) is 0 Å². The molecule has 150 valence electrons. The molecule has 2 aromatic carbocycles. The molecule has 7 nitrogen and oxygen atoms in total. The van der Waals surface area contributed by atoms with Crippen LogP contribution < -0.4 is 10.2 Å². The lowest BCUT2D eigenvalue weighted by atomic mass is 10.2. The normalized spacial score (nSPS) is 15.5. The van der Waals surface area contributed by atoms with E-state index in [4.69, 9.17) is 0 Å². The molecule has 0 amide bonds. The molecule has 0 bridgehead atoms. The van der Waals surface area contributed by atoms with Crippen LogP contribution in [0.25, 0.3) is 0 Å². The van der Waals surface area contributed by atoms with Crippen LogP contribution in [-0.4, -0.2) is 69.9 Å². The second-order valence-corrected chi connectivity index (χ2v) is 8.68. The zero-order valence-corrected chi connectivity index (χ0v) is 16.8. The number of anilines is 1. The van der Waals surface area contributed by atoms with E-state index in [-0.39, 0.29) is 11.5 Å². The summed E-state index contributed by atoms with van der Waals surface area (Å²) in [6.07, 6.45) is 0. The summed E-state index contributed by atoms with van der Waals surface area (Å²) in [6.45, 7) is 3.27. The van der Waals surface area contributed by atoms with Crippen LogP contribution in [0.5, 0.6) is 5.75 Å². The first-order chi connectivity index (χ1) is 13.5. The number of benzene rings is 2. The fourth-order valence-electron chi connectivity index (χ4n) is 3.27. The first kappa shape index (κ1) is 20.0. The predicted octanol–water partition coefficient (Wildman–Crippen LogP) is 1.56. The van der Waals surface area contributed by atoms with E-state index in [2.05, 4.69) is 20.1 Å². The maximum atomic E-state index is 12.4. The molecule has 0 aromatic heterocycles. The number of nitrogens with one attached hydrogen (secondary N) is 1. The summed E-state index contributed by atoms with van der Waals surface area (Å²) in [6, 6.07) is 15.8. The Morgan fingerprint density at radius 2 is 1.68 bits per heavy atom. The number of guanidine groups is 1. The molecular formula is C20H26N4O3S. The van der Waals surface area contributed by atoms with Crippen LogP contribution in [-0.2, 0) is 9.84 Å². The van der Waals surface area contributed by atoms with Crippen LogP contribution in [0.2, 0.25) is 0 Å². The Morgan fingerprint density at radius 3 is 2.32 bits per heavy atom. The summed E-state index contributed by atoms with van der Waals surface area (Å²) >= 11 is 0. The van der Waals surface area contributed by atoms with Gasteiger partial charge >= 0.3 is 0 Å². The van der Waals surface area contributed by atoms with Crippen LogP contribution in [0.3, 0.4) is 0 Å². The molecule has 1 aliphatic rings. The largest absolute Gasteiger partial charge is 0.506 e. The first-order valence-corrected chi connectivity index (χ1v) is 10.9. The maximum absolute atomic E-state index is 12.4. The summed E-state index contributed by atoms with van der Waals surface area (Å²) in [4.78, 5) is 8.86. The average Bonchev–Trinajstić information content (AvgIpc) is 2.72. The van der Waals surface area contributed by atoms with Crippen molar-refractivity contribution in [2.24, 2.45) is 4.99 Å². The minimum absolute atomic E-state index is 0.00782. The third kappa shape index (κ3) is 4.75. The number of rotatable bonds is 5. The van der Waals surface area contributed by atoms with Crippen molar-refractivity contribution in [2.75, 3.05) is 50.4 Å². The van der Waals surface area contributed by atoms with Crippen LogP contribution in [0, 0.1) is 0 Å². The van der Waals surface area contributed by atoms with Gasteiger partial charge in [-0.15, -0.1) is 0 Å². The fourth-order valence-corrected chi connectivity index (χ4v) is 4.44. The van der Waals surface area contributed by atoms with Gasteiger partial charge in [-0.25, -0.2) is 8.42 Å². The third-order valence-corrected chi connectivity index (χ3v) is 6.50. The van der Waals surface area contributed by atoms with Crippen molar-refractivity contribution in [1.82, 2.24) is 10.2 Å². The quantitative estimate of drug-likeness (QED) is 0.583. The van der Waals surface area contributed by atoms with Gasteiger partial charge in [-0.1, -0.05) is 30.3 Å². The highest BCUT2D eigenvalue weighted by molar-refractivity contribution is 7.91. The van der Waals surface area contributed by atoms with Crippen molar-refractivity contribution in [3.05, 3.63) is 54.6 Å². The van der Waals surface area contributed by atoms with E-state index in [9.17, 15) is 13.5 Å². The van der Waals surface area contributed by atoms with Crippen LogP contribution in [0.15, 0.2) is 64.5 Å². The fraction of sp³-hybridized carbons (Fsp3) is 0.350. The number of piperazine rings is 1. The number of aromatic hydroxyl groups is 1. The predicted molar refractivity (Wildman–Crippen MR) is 112 cm³/mol. The molecule has 3 rings (SSSR count). The Bertz CT molecular complexity index is 908. The van der Waals surface area contributed by atoms with Gasteiger partial charge in [0.05, 0.1) is 16.3 Å². The minimum Gasteiger partial charge on any atom is -0.506 e. The number of phenolic OH excluding ortho intramolecular Hbond substituents is 1. The topological polar surface area (TPSA) is 85.2 Å². The number of hydrogen-bond acceptors (Lipinski definition) is 5. The molecular weight excluding hydrogens is 376 g/mol. The minimum atomic E-state index is -3.32. The Morgan fingerprint density at radius 1 is 1.04 bits per heavy atom. The molecule has 0 saturated carbocycles. The van der Waals surface area contributed by atoms with Gasteiger partial charge in [-0.05, 0) is 24.3 Å². The van der Waals surface area contributed by atoms with Gasteiger partial charge < -0.3 is 20.2 Å². The first-order valence-electron chi connectivity index (χ1n) is 9.27. The molecule has 2 N–H and O–H groups in total. The second kappa shape index (κ2) is 8.97. The smallest absolute Gasteiger partial charge is 0.193 e. The van der Waals surface area contributed by atoms with E-state index in [1.165, 1.54) is 0 Å². The molecule has 1 fully saturated rings. The Kier molecular flexibility index (Phi) is 6.41. The third-order valence-electron chi connectivity index (χ3n) is 4.77. The lowest BCUT2D eigenvalue weighted by molar-refractivity contribution is 0.371. The van der Waals surface area contributed by atoms with Crippen molar-refractivity contribution in [1.29, 1.82) is 0 Å². The van der Waals surface area contributed by atoms with E-state index in [1.807, 2.05) is 18.2 Å². The zero-order valence-electron chi connectivity index (χ0n) is 16.0. The lowest BCUT2D eigenvalue weighted by Gasteiger charge is -2.37. The number of sulfone groups is 1. The van der Waals surface area contributed by atoms with Crippen molar-refractivity contribution < 1.29 is 13.5 Å². The van der Waals surface area contributed by atoms with Crippen molar-refractivity contribution in [2.45, 2.75) is 4.90 Å². The van der Waals surface area contributed by atoms with E-state index in [1.54, 1.807) is 43.4 Å². The zero-order chi connectivity index (χ0) is 20.0. The molecule has 1 aliphatic heterocycles. The Hall–Kier alpha value is -2.74. The highest BCUT2D eigenvalue weighted by atomic mass is 32.2. The van der Waals surface area contributed by atoms with Gasteiger partial charge in [0, 0.05) is 39.8 Å². The Labute approximate surface area is 166 Å².